The van der Waals surface area contributed by atoms with Crippen LogP contribution >= 0.6 is 0 Å². The summed E-state index contributed by atoms with van der Waals surface area (Å²) in [6.07, 6.45) is 12.0. The first-order valence-electron chi connectivity index (χ1n) is 9.80. The van der Waals surface area contributed by atoms with Gasteiger partial charge < -0.3 is 5.43 Å². The Morgan fingerprint density at radius 1 is 1.00 bits per heavy atom. The van der Waals surface area contributed by atoms with Crippen LogP contribution in [-0.2, 0) is 19.3 Å². The summed E-state index contributed by atoms with van der Waals surface area (Å²) < 4.78 is 0. The van der Waals surface area contributed by atoms with Crippen LogP contribution in [0.3, 0.4) is 0 Å². The summed E-state index contributed by atoms with van der Waals surface area (Å²) in [6, 6.07) is 8.84. The number of amidine groups is 1. The molecule has 1 aliphatic carbocycles. The van der Waals surface area contributed by atoms with Gasteiger partial charge in [-0.3, -0.25) is 4.98 Å². The van der Waals surface area contributed by atoms with Gasteiger partial charge in [-0.05, 0) is 79.7 Å². The van der Waals surface area contributed by atoms with Gasteiger partial charge in [0.15, 0.2) is 5.82 Å². The average Bonchev–Trinajstić information content (AvgIpc) is 3.30. The number of aromatic nitrogens is 2. The second-order valence-corrected chi connectivity index (χ2v) is 7.91. The molecule has 2 aromatic heterocycles. The lowest BCUT2D eigenvalue weighted by Crippen LogP contribution is -2.35. The van der Waals surface area contributed by atoms with E-state index in [0.29, 0.717) is 6.04 Å². The second kappa shape index (κ2) is 6.80. The van der Waals surface area contributed by atoms with Crippen molar-refractivity contribution in [3.8, 4) is 0 Å². The highest BCUT2D eigenvalue weighted by Crippen LogP contribution is 2.37. The first kappa shape index (κ1) is 15.9. The SMILES string of the molecule is c1cc2nc(c1)/N=C1\CC(NN1)C1CCC(Cc3cnccc3CC2)C1. The van der Waals surface area contributed by atoms with Crippen molar-refractivity contribution in [2.45, 2.75) is 51.0 Å². The quantitative estimate of drug-likeness (QED) is 0.769. The van der Waals surface area contributed by atoms with Crippen molar-refractivity contribution < 1.29 is 0 Å². The minimum atomic E-state index is 0.487. The summed E-state index contributed by atoms with van der Waals surface area (Å²) in [7, 11) is 0. The maximum absolute atomic E-state index is 4.75. The highest BCUT2D eigenvalue weighted by molar-refractivity contribution is 5.86. The molecule has 5 nitrogen and oxygen atoms in total. The number of rotatable bonds is 0. The fraction of sp³-hybridized carbons (Fsp3) is 0.476. The van der Waals surface area contributed by atoms with Crippen molar-refractivity contribution in [2.75, 3.05) is 0 Å². The summed E-state index contributed by atoms with van der Waals surface area (Å²) in [5.74, 6) is 3.33. The molecule has 3 unspecified atom stereocenters. The molecule has 5 rings (SSSR count). The van der Waals surface area contributed by atoms with Crippen LogP contribution in [0.2, 0.25) is 0 Å². The summed E-state index contributed by atoms with van der Waals surface area (Å²) in [5, 5.41) is 0. The van der Waals surface area contributed by atoms with Crippen LogP contribution in [0.5, 0.6) is 0 Å². The van der Waals surface area contributed by atoms with Crippen molar-refractivity contribution >= 4 is 11.7 Å². The number of aryl methyl sites for hydroxylation is 2. The standard InChI is InChI=1S/C21H25N5/c1-2-18-7-6-15-8-9-22-13-17(15)11-14-4-5-16(10-14)19-12-21(26-25-19)24-20(3-1)23-18/h1-3,8-9,13-14,16,19,25H,4-7,10-12H2,(H,23,24,26). The third-order valence-corrected chi connectivity index (χ3v) is 6.17. The van der Waals surface area contributed by atoms with Crippen LogP contribution < -0.4 is 10.9 Å². The van der Waals surface area contributed by atoms with Crippen LogP contribution in [0.4, 0.5) is 5.82 Å². The molecule has 0 aromatic carbocycles. The van der Waals surface area contributed by atoms with E-state index in [0.717, 1.165) is 54.9 Å². The van der Waals surface area contributed by atoms with Gasteiger partial charge in [-0.2, -0.15) is 0 Å². The maximum Gasteiger partial charge on any atom is 0.154 e. The monoisotopic (exact) mass is 347 g/mol. The van der Waals surface area contributed by atoms with Gasteiger partial charge in [0.1, 0.15) is 5.84 Å². The van der Waals surface area contributed by atoms with Gasteiger partial charge in [0, 0.05) is 30.6 Å². The van der Waals surface area contributed by atoms with Crippen molar-refractivity contribution in [3.05, 3.63) is 53.5 Å². The summed E-state index contributed by atoms with van der Waals surface area (Å²) in [4.78, 5) is 13.9. The van der Waals surface area contributed by atoms with Crippen LogP contribution in [-0.4, -0.2) is 21.8 Å². The van der Waals surface area contributed by atoms with Gasteiger partial charge in [-0.1, -0.05) is 6.07 Å². The molecule has 2 aromatic rings. The van der Waals surface area contributed by atoms with Gasteiger partial charge in [-0.25, -0.2) is 15.4 Å². The highest BCUT2D eigenvalue weighted by atomic mass is 15.4. The Morgan fingerprint density at radius 3 is 3.00 bits per heavy atom. The number of hydrogen-bond acceptors (Lipinski definition) is 5. The Hall–Kier alpha value is -2.27. The summed E-state index contributed by atoms with van der Waals surface area (Å²) >= 11 is 0. The van der Waals surface area contributed by atoms with Gasteiger partial charge >= 0.3 is 0 Å². The van der Waals surface area contributed by atoms with Gasteiger partial charge in [0.2, 0.25) is 0 Å². The molecule has 0 spiro atoms. The minimum Gasteiger partial charge on any atom is -0.309 e. The lowest BCUT2D eigenvalue weighted by molar-refractivity contribution is 0.369. The number of pyridine rings is 2. The molecule has 2 aliphatic heterocycles. The normalized spacial score (nSPS) is 29.7. The average molecular weight is 347 g/mol. The molecule has 0 radical (unpaired) electrons. The van der Waals surface area contributed by atoms with E-state index in [4.69, 9.17) is 9.98 Å². The molecule has 1 saturated carbocycles. The molecule has 5 heteroatoms. The highest BCUT2D eigenvalue weighted by Gasteiger charge is 2.34. The molecule has 134 valence electrons. The number of nitrogens with one attached hydrogen (secondary N) is 2. The molecule has 0 amide bonds. The predicted octanol–water partition coefficient (Wildman–Crippen LogP) is 3.13. The Labute approximate surface area is 154 Å². The largest absolute Gasteiger partial charge is 0.309 e. The van der Waals surface area contributed by atoms with Crippen molar-refractivity contribution in [1.29, 1.82) is 0 Å². The van der Waals surface area contributed by atoms with Crippen LogP contribution in [0.1, 0.15) is 42.5 Å². The van der Waals surface area contributed by atoms with Crippen molar-refractivity contribution in [3.63, 3.8) is 0 Å². The van der Waals surface area contributed by atoms with E-state index in [2.05, 4.69) is 40.2 Å². The molecular weight excluding hydrogens is 322 g/mol. The molecule has 2 N–H and O–H groups in total. The van der Waals surface area contributed by atoms with Crippen molar-refractivity contribution in [1.82, 2.24) is 20.8 Å². The van der Waals surface area contributed by atoms with E-state index >= 15 is 0 Å². The fourth-order valence-electron chi connectivity index (χ4n) is 4.77. The fourth-order valence-corrected chi connectivity index (χ4v) is 4.77. The van der Waals surface area contributed by atoms with E-state index in [1.165, 1.54) is 30.4 Å². The Morgan fingerprint density at radius 2 is 2.00 bits per heavy atom. The zero-order valence-electron chi connectivity index (χ0n) is 15.0. The van der Waals surface area contributed by atoms with Gasteiger partial charge in [0.25, 0.3) is 0 Å². The van der Waals surface area contributed by atoms with Gasteiger partial charge in [0.05, 0.1) is 0 Å². The number of hydrogen-bond donors (Lipinski definition) is 2. The lowest BCUT2D eigenvalue weighted by atomic mass is 9.91. The maximum atomic E-state index is 4.75. The van der Waals surface area contributed by atoms with E-state index < -0.39 is 0 Å². The summed E-state index contributed by atoms with van der Waals surface area (Å²) in [6.45, 7) is 0. The molecule has 6 bridgehead atoms. The number of hydrazine groups is 1. The molecule has 2 fully saturated rings. The van der Waals surface area contributed by atoms with Crippen molar-refractivity contribution in [2.24, 2.45) is 16.8 Å². The zero-order chi connectivity index (χ0) is 17.3. The summed E-state index contributed by atoms with van der Waals surface area (Å²) in [5.41, 5.74) is 10.7. The first-order chi connectivity index (χ1) is 12.8. The van der Waals surface area contributed by atoms with E-state index in [1.807, 2.05) is 12.3 Å². The number of aliphatic imine (C=N–C) groups is 1. The predicted molar refractivity (Wildman–Crippen MR) is 102 cm³/mol. The third-order valence-electron chi connectivity index (χ3n) is 6.17. The Balaban J connectivity index is 1.50. The van der Waals surface area contributed by atoms with Gasteiger partial charge in [-0.15, -0.1) is 0 Å². The third kappa shape index (κ3) is 3.23. The Kier molecular flexibility index (Phi) is 4.17. The molecule has 1 saturated heterocycles. The Bertz CT molecular complexity index is 831. The first-order valence-corrected chi connectivity index (χ1v) is 9.80. The van der Waals surface area contributed by atoms with Crippen LogP contribution in [0.15, 0.2) is 41.7 Å². The molecule has 4 heterocycles. The number of nitrogens with zero attached hydrogens (tertiary/aromatic N) is 3. The van der Waals surface area contributed by atoms with E-state index in [9.17, 15) is 0 Å². The lowest BCUT2D eigenvalue weighted by Gasteiger charge is -2.18. The smallest absolute Gasteiger partial charge is 0.154 e. The molecule has 3 atom stereocenters. The minimum absolute atomic E-state index is 0.487. The topological polar surface area (TPSA) is 62.2 Å². The van der Waals surface area contributed by atoms with Crippen LogP contribution in [0, 0.1) is 11.8 Å². The second-order valence-electron chi connectivity index (χ2n) is 7.91. The molecular formula is C21H25N5. The van der Waals surface area contributed by atoms with E-state index in [-0.39, 0.29) is 0 Å². The van der Waals surface area contributed by atoms with E-state index in [1.54, 1.807) is 0 Å². The molecule has 3 aliphatic rings. The molecule has 26 heavy (non-hydrogen) atoms. The zero-order valence-corrected chi connectivity index (χ0v) is 15.0. The number of fused-ring (bicyclic) bond motifs is 8. The van der Waals surface area contributed by atoms with Crippen LogP contribution in [0.25, 0.3) is 0 Å².